The molecule has 0 saturated heterocycles. The molecule has 1 aromatic heterocycles. The highest BCUT2D eigenvalue weighted by Gasteiger charge is 2.44. The van der Waals surface area contributed by atoms with Crippen molar-refractivity contribution in [1.29, 1.82) is 0 Å². The molecule has 0 spiro atoms. The third kappa shape index (κ3) is 2.06. The van der Waals surface area contributed by atoms with Gasteiger partial charge in [0.15, 0.2) is 0 Å². The Kier molecular flexibility index (Phi) is 2.97. The summed E-state index contributed by atoms with van der Waals surface area (Å²) in [7, 11) is 0. The standard InChI is InChI=1S/C14H13N3O4/c18-13(19)14(5-1-6-14)16-11-2-3-12(17(20)21)9-4-7-15-8-10(9)11/h2-4,7-8,16H,1,5-6H2,(H,18,19). The molecule has 0 unspecified atom stereocenters. The lowest BCUT2D eigenvalue weighted by Gasteiger charge is -2.39. The second kappa shape index (κ2) is 4.69. The van der Waals surface area contributed by atoms with Crippen LogP contribution in [0.25, 0.3) is 10.8 Å². The second-order valence-corrected chi connectivity index (χ2v) is 5.18. The lowest BCUT2D eigenvalue weighted by molar-refractivity contribution is -0.383. The van der Waals surface area contributed by atoms with E-state index in [1.54, 1.807) is 12.1 Å². The molecule has 0 amide bonds. The minimum absolute atomic E-state index is 0.0177. The molecule has 7 nitrogen and oxygen atoms in total. The molecule has 0 bridgehead atoms. The van der Waals surface area contributed by atoms with Crippen LogP contribution < -0.4 is 5.32 Å². The number of carbonyl (C=O) groups is 1. The van der Waals surface area contributed by atoms with Gasteiger partial charge in [-0.15, -0.1) is 0 Å². The number of nitro groups is 1. The van der Waals surface area contributed by atoms with E-state index in [0.717, 1.165) is 6.42 Å². The fourth-order valence-corrected chi connectivity index (χ4v) is 2.62. The number of anilines is 1. The van der Waals surface area contributed by atoms with Crippen molar-refractivity contribution in [3.63, 3.8) is 0 Å². The molecule has 2 N–H and O–H groups in total. The Morgan fingerprint density at radius 3 is 2.67 bits per heavy atom. The first-order valence-electron chi connectivity index (χ1n) is 6.56. The van der Waals surface area contributed by atoms with Gasteiger partial charge >= 0.3 is 5.97 Å². The molecule has 1 aromatic carbocycles. The number of non-ortho nitro benzene ring substituents is 1. The summed E-state index contributed by atoms with van der Waals surface area (Å²) >= 11 is 0. The maximum Gasteiger partial charge on any atom is 0.329 e. The van der Waals surface area contributed by atoms with E-state index in [2.05, 4.69) is 10.3 Å². The zero-order chi connectivity index (χ0) is 15.0. The minimum Gasteiger partial charge on any atom is -0.480 e. The maximum atomic E-state index is 11.4. The molecule has 1 fully saturated rings. The van der Waals surface area contributed by atoms with E-state index in [-0.39, 0.29) is 5.69 Å². The van der Waals surface area contributed by atoms with Gasteiger partial charge in [-0.1, -0.05) is 0 Å². The number of hydrogen-bond donors (Lipinski definition) is 2. The van der Waals surface area contributed by atoms with Crippen molar-refractivity contribution in [1.82, 2.24) is 4.98 Å². The Hall–Kier alpha value is -2.70. The highest BCUT2D eigenvalue weighted by molar-refractivity contribution is 6.00. The number of fused-ring (bicyclic) bond motifs is 1. The lowest BCUT2D eigenvalue weighted by Crippen LogP contribution is -2.52. The molecule has 0 radical (unpaired) electrons. The first-order valence-corrected chi connectivity index (χ1v) is 6.56. The van der Waals surface area contributed by atoms with Crippen molar-refractivity contribution in [2.75, 3.05) is 5.32 Å². The monoisotopic (exact) mass is 287 g/mol. The maximum absolute atomic E-state index is 11.4. The first-order chi connectivity index (χ1) is 10.0. The van der Waals surface area contributed by atoms with Crippen LogP contribution in [0.3, 0.4) is 0 Å². The Labute approximate surface area is 119 Å². The zero-order valence-electron chi connectivity index (χ0n) is 11.1. The van der Waals surface area contributed by atoms with Crippen LogP contribution in [0.15, 0.2) is 30.6 Å². The van der Waals surface area contributed by atoms with Gasteiger partial charge in [-0.05, 0) is 31.4 Å². The van der Waals surface area contributed by atoms with E-state index >= 15 is 0 Å². The van der Waals surface area contributed by atoms with Gasteiger partial charge in [0.2, 0.25) is 0 Å². The summed E-state index contributed by atoms with van der Waals surface area (Å²) < 4.78 is 0. The van der Waals surface area contributed by atoms with Crippen molar-refractivity contribution >= 4 is 28.1 Å². The summed E-state index contributed by atoms with van der Waals surface area (Å²) in [6.45, 7) is 0. The van der Waals surface area contributed by atoms with Gasteiger partial charge in [0.25, 0.3) is 5.69 Å². The number of nitrogens with zero attached hydrogens (tertiary/aromatic N) is 2. The van der Waals surface area contributed by atoms with Crippen LogP contribution in [-0.4, -0.2) is 26.5 Å². The summed E-state index contributed by atoms with van der Waals surface area (Å²) in [6.07, 6.45) is 4.93. The quantitative estimate of drug-likeness (QED) is 0.661. The number of carboxylic acid groups (broad SMARTS) is 1. The number of pyridine rings is 1. The molecule has 1 aliphatic carbocycles. The van der Waals surface area contributed by atoms with Gasteiger partial charge < -0.3 is 10.4 Å². The van der Waals surface area contributed by atoms with Gasteiger partial charge in [-0.25, -0.2) is 4.79 Å². The molecule has 1 heterocycles. The number of rotatable bonds is 4. The van der Waals surface area contributed by atoms with E-state index in [9.17, 15) is 20.0 Å². The topological polar surface area (TPSA) is 105 Å². The highest BCUT2D eigenvalue weighted by Crippen LogP contribution is 2.39. The van der Waals surface area contributed by atoms with Gasteiger partial charge in [0.1, 0.15) is 5.54 Å². The van der Waals surface area contributed by atoms with Crippen LogP contribution >= 0.6 is 0 Å². The second-order valence-electron chi connectivity index (χ2n) is 5.18. The molecular weight excluding hydrogens is 274 g/mol. The molecule has 3 rings (SSSR count). The molecule has 0 atom stereocenters. The predicted octanol–water partition coefficient (Wildman–Crippen LogP) is 2.56. The average Bonchev–Trinajstić information content (AvgIpc) is 2.41. The molecule has 21 heavy (non-hydrogen) atoms. The smallest absolute Gasteiger partial charge is 0.329 e. The Balaban J connectivity index is 2.10. The summed E-state index contributed by atoms with van der Waals surface area (Å²) in [5, 5.41) is 24.5. The Morgan fingerprint density at radius 1 is 1.33 bits per heavy atom. The summed E-state index contributed by atoms with van der Waals surface area (Å²) in [5.74, 6) is -0.899. The van der Waals surface area contributed by atoms with Gasteiger partial charge in [0.05, 0.1) is 10.3 Å². The fraction of sp³-hybridized carbons (Fsp3) is 0.286. The average molecular weight is 287 g/mol. The molecule has 1 aliphatic rings. The van der Waals surface area contributed by atoms with Crippen molar-refractivity contribution in [3.8, 4) is 0 Å². The van der Waals surface area contributed by atoms with Crippen LogP contribution in [-0.2, 0) is 4.79 Å². The van der Waals surface area contributed by atoms with E-state index in [0.29, 0.717) is 29.3 Å². The van der Waals surface area contributed by atoms with E-state index in [4.69, 9.17) is 0 Å². The molecule has 7 heteroatoms. The SMILES string of the molecule is O=C(O)C1(Nc2ccc([N+](=O)[O-])c3ccncc23)CCC1. The molecule has 108 valence electrons. The number of aromatic nitrogens is 1. The van der Waals surface area contributed by atoms with Gasteiger partial charge in [-0.2, -0.15) is 0 Å². The number of nitro benzene ring substituents is 1. The first kappa shape index (κ1) is 13.3. The number of aliphatic carboxylic acids is 1. The summed E-state index contributed by atoms with van der Waals surface area (Å²) in [4.78, 5) is 26.0. The zero-order valence-corrected chi connectivity index (χ0v) is 11.1. The Bertz CT molecular complexity index is 740. The molecule has 2 aromatic rings. The summed E-state index contributed by atoms with van der Waals surface area (Å²) in [5.41, 5.74) is -0.430. The number of carboxylic acids is 1. The lowest BCUT2D eigenvalue weighted by atomic mass is 9.76. The van der Waals surface area contributed by atoms with Gasteiger partial charge in [-0.3, -0.25) is 15.1 Å². The largest absolute Gasteiger partial charge is 0.480 e. The van der Waals surface area contributed by atoms with Crippen molar-refractivity contribution in [2.24, 2.45) is 0 Å². The highest BCUT2D eigenvalue weighted by atomic mass is 16.6. The van der Waals surface area contributed by atoms with Crippen LogP contribution in [0.1, 0.15) is 19.3 Å². The third-order valence-corrected chi connectivity index (χ3v) is 3.98. The normalized spacial score (nSPS) is 16.2. The minimum atomic E-state index is -0.973. The molecular formula is C14H13N3O4. The third-order valence-electron chi connectivity index (χ3n) is 3.98. The van der Waals surface area contributed by atoms with Gasteiger partial charge in [0, 0.05) is 29.5 Å². The number of benzene rings is 1. The predicted molar refractivity (Wildman–Crippen MR) is 76.2 cm³/mol. The van der Waals surface area contributed by atoms with Crippen molar-refractivity contribution in [3.05, 3.63) is 40.7 Å². The van der Waals surface area contributed by atoms with E-state index in [1.165, 1.54) is 18.5 Å². The number of nitrogens with one attached hydrogen (secondary N) is 1. The van der Waals surface area contributed by atoms with Crippen LogP contribution in [0.2, 0.25) is 0 Å². The van der Waals surface area contributed by atoms with Crippen LogP contribution in [0.4, 0.5) is 11.4 Å². The number of hydrogen-bond acceptors (Lipinski definition) is 5. The Morgan fingerprint density at radius 2 is 2.10 bits per heavy atom. The summed E-state index contributed by atoms with van der Waals surface area (Å²) in [6, 6.07) is 4.50. The van der Waals surface area contributed by atoms with Crippen LogP contribution in [0.5, 0.6) is 0 Å². The van der Waals surface area contributed by atoms with Crippen molar-refractivity contribution in [2.45, 2.75) is 24.8 Å². The van der Waals surface area contributed by atoms with E-state index in [1.807, 2.05) is 0 Å². The molecule has 1 saturated carbocycles. The molecule has 0 aliphatic heterocycles. The van der Waals surface area contributed by atoms with E-state index < -0.39 is 16.4 Å². The fourth-order valence-electron chi connectivity index (χ4n) is 2.62. The van der Waals surface area contributed by atoms with Crippen LogP contribution in [0, 0.1) is 10.1 Å². The van der Waals surface area contributed by atoms with Crippen molar-refractivity contribution < 1.29 is 14.8 Å².